The minimum atomic E-state index is -5.08. The van der Waals surface area contributed by atoms with Gasteiger partial charge in [-0.05, 0) is 50.1 Å². The molecule has 0 saturated carbocycles. The molecule has 0 aromatic carbocycles. The van der Waals surface area contributed by atoms with Gasteiger partial charge in [0.2, 0.25) is 0 Å². The van der Waals surface area contributed by atoms with Crippen LogP contribution in [0.2, 0.25) is 0 Å². The molecule has 1 unspecified atom stereocenters. The van der Waals surface area contributed by atoms with Gasteiger partial charge in [-0.25, -0.2) is 9.59 Å². The minimum absolute atomic E-state index is 0.117. The molecule has 1 spiro atoms. The fraction of sp³-hybridized carbons (Fsp3) is 0.458. The summed E-state index contributed by atoms with van der Waals surface area (Å²) >= 11 is 0. The van der Waals surface area contributed by atoms with Gasteiger partial charge in [0, 0.05) is 50.2 Å². The van der Waals surface area contributed by atoms with Crippen molar-refractivity contribution in [2.24, 2.45) is 5.41 Å². The Morgan fingerprint density at radius 2 is 1.51 bits per heavy atom. The molecule has 2 aromatic heterocycles. The number of aromatic nitrogens is 2. The van der Waals surface area contributed by atoms with Gasteiger partial charge in [-0.1, -0.05) is 6.07 Å². The molecule has 15 heteroatoms. The standard InChI is InChI=1S/C20H24N4O.2C2HF3O2/c25-19(17-5-3-9-21-13-17)24-12-8-20(16-24)7-4-11-23(15-20)14-18-6-1-2-10-22-18;2*3-2(4,5)1(6)7/h1-3,5-6,9-10,13H,4,7-8,11-12,14-16H2;2*(H,6,7). The van der Waals surface area contributed by atoms with Crippen LogP contribution in [0.4, 0.5) is 26.3 Å². The van der Waals surface area contributed by atoms with Gasteiger partial charge in [0.1, 0.15) is 0 Å². The summed E-state index contributed by atoms with van der Waals surface area (Å²) in [6.45, 7) is 4.79. The molecule has 2 fully saturated rings. The van der Waals surface area contributed by atoms with Gasteiger partial charge in [0.25, 0.3) is 5.91 Å². The van der Waals surface area contributed by atoms with E-state index >= 15 is 0 Å². The van der Waals surface area contributed by atoms with E-state index in [1.165, 1.54) is 12.8 Å². The van der Waals surface area contributed by atoms with Gasteiger partial charge in [-0.2, -0.15) is 26.3 Å². The van der Waals surface area contributed by atoms with E-state index in [0.29, 0.717) is 5.56 Å². The summed E-state index contributed by atoms with van der Waals surface area (Å²) in [5.41, 5.74) is 2.06. The fourth-order valence-electron chi connectivity index (χ4n) is 4.28. The molecule has 2 aliphatic rings. The first kappa shape index (κ1) is 31.5. The molecular weight excluding hydrogens is 538 g/mol. The third-order valence-corrected chi connectivity index (χ3v) is 5.97. The van der Waals surface area contributed by atoms with E-state index in [0.717, 1.165) is 44.8 Å². The highest BCUT2D eigenvalue weighted by molar-refractivity contribution is 5.94. The molecule has 1 amide bonds. The third kappa shape index (κ3) is 10.1. The summed E-state index contributed by atoms with van der Waals surface area (Å²) in [5, 5.41) is 14.2. The van der Waals surface area contributed by atoms with Gasteiger partial charge < -0.3 is 15.1 Å². The maximum Gasteiger partial charge on any atom is 0.490 e. The molecule has 0 radical (unpaired) electrons. The number of aliphatic carboxylic acids is 2. The Bertz CT molecular complexity index is 1080. The highest BCUT2D eigenvalue weighted by atomic mass is 19.4. The maximum absolute atomic E-state index is 12.7. The number of rotatable bonds is 3. The lowest BCUT2D eigenvalue weighted by Gasteiger charge is -2.40. The number of likely N-dealkylation sites (tertiary alicyclic amines) is 2. The van der Waals surface area contributed by atoms with Crippen LogP contribution < -0.4 is 0 Å². The number of carbonyl (C=O) groups is 3. The first-order valence-electron chi connectivity index (χ1n) is 11.5. The smallest absolute Gasteiger partial charge is 0.475 e. The van der Waals surface area contributed by atoms with Crippen LogP contribution in [0, 0.1) is 5.41 Å². The highest BCUT2D eigenvalue weighted by Crippen LogP contribution is 2.39. The monoisotopic (exact) mass is 564 g/mol. The van der Waals surface area contributed by atoms with Crippen LogP contribution in [0.3, 0.4) is 0 Å². The number of hydrogen-bond acceptors (Lipinski definition) is 6. The van der Waals surface area contributed by atoms with Gasteiger partial charge in [-0.15, -0.1) is 0 Å². The predicted molar refractivity (Wildman–Crippen MR) is 123 cm³/mol. The van der Waals surface area contributed by atoms with E-state index in [-0.39, 0.29) is 11.3 Å². The topological polar surface area (TPSA) is 124 Å². The van der Waals surface area contributed by atoms with E-state index in [9.17, 15) is 31.1 Å². The van der Waals surface area contributed by atoms with Gasteiger partial charge >= 0.3 is 24.3 Å². The molecule has 0 bridgehead atoms. The SMILES string of the molecule is O=C(O)C(F)(F)F.O=C(O)C(F)(F)F.O=C(c1cccnc1)N1CCC2(CCCN(Cc3ccccn3)C2)C1. The minimum Gasteiger partial charge on any atom is -0.475 e. The molecule has 1 atom stereocenters. The largest absolute Gasteiger partial charge is 0.490 e. The van der Waals surface area contributed by atoms with Crippen LogP contribution in [-0.4, -0.2) is 86.4 Å². The molecule has 4 heterocycles. The summed E-state index contributed by atoms with van der Waals surface area (Å²) in [6, 6.07) is 9.78. The Morgan fingerprint density at radius 3 is 2.03 bits per heavy atom. The van der Waals surface area contributed by atoms with Crippen LogP contribution in [0.5, 0.6) is 0 Å². The number of pyridine rings is 2. The Morgan fingerprint density at radius 1 is 0.872 bits per heavy atom. The van der Waals surface area contributed by atoms with Crippen molar-refractivity contribution in [3.63, 3.8) is 0 Å². The van der Waals surface area contributed by atoms with Crippen molar-refractivity contribution in [2.45, 2.75) is 38.2 Å². The van der Waals surface area contributed by atoms with Crippen LogP contribution in [0.1, 0.15) is 35.3 Å². The molecule has 4 rings (SSSR count). The Labute approximate surface area is 219 Å². The first-order chi connectivity index (χ1) is 18.1. The van der Waals surface area contributed by atoms with Crippen molar-refractivity contribution in [3.05, 3.63) is 60.2 Å². The lowest BCUT2D eigenvalue weighted by Crippen LogP contribution is -2.45. The lowest BCUT2D eigenvalue weighted by molar-refractivity contribution is -0.193. The molecule has 2 saturated heterocycles. The number of carboxylic acid groups (broad SMARTS) is 2. The fourth-order valence-corrected chi connectivity index (χ4v) is 4.28. The van der Waals surface area contributed by atoms with Crippen molar-refractivity contribution in [1.82, 2.24) is 19.8 Å². The van der Waals surface area contributed by atoms with Crippen LogP contribution in [0.15, 0.2) is 48.9 Å². The average molecular weight is 564 g/mol. The second-order valence-corrected chi connectivity index (χ2v) is 8.96. The quantitative estimate of drug-likeness (QED) is 0.539. The predicted octanol–water partition coefficient (Wildman–Crippen LogP) is 3.87. The molecule has 214 valence electrons. The summed E-state index contributed by atoms with van der Waals surface area (Å²) in [6.07, 6.45) is -1.43. The van der Waals surface area contributed by atoms with Crippen molar-refractivity contribution in [3.8, 4) is 0 Å². The highest BCUT2D eigenvalue weighted by Gasteiger charge is 2.43. The van der Waals surface area contributed by atoms with Crippen molar-refractivity contribution < 1.29 is 50.9 Å². The van der Waals surface area contributed by atoms with Crippen LogP contribution in [-0.2, 0) is 16.1 Å². The number of nitrogens with zero attached hydrogens (tertiary/aromatic N) is 4. The number of alkyl halides is 6. The second-order valence-electron chi connectivity index (χ2n) is 8.96. The Kier molecular flexibility index (Phi) is 10.8. The van der Waals surface area contributed by atoms with E-state index in [1.54, 1.807) is 12.4 Å². The van der Waals surface area contributed by atoms with Gasteiger partial charge in [0.15, 0.2) is 0 Å². The lowest BCUT2D eigenvalue weighted by atomic mass is 9.79. The van der Waals surface area contributed by atoms with E-state index in [4.69, 9.17) is 19.8 Å². The number of carbonyl (C=O) groups excluding carboxylic acids is 1. The first-order valence-corrected chi connectivity index (χ1v) is 11.5. The van der Waals surface area contributed by atoms with E-state index < -0.39 is 24.3 Å². The number of hydrogen-bond donors (Lipinski definition) is 2. The van der Waals surface area contributed by atoms with Crippen molar-refractivity contribution in [2.75, 3.05) is 26.2 Å². The molecule has 9 nitrogen and oxygen atoms in total. The number of carboxylic acids is 2. The van der Waals surface area contributed by atoms with E-state index in [2.05, 4.69) is 20.9 Å². The zero-order chi connectivity index (χ0) is 29.3. The summed E-state index contributed by atoms with van der Waals surface area (Å²) in [5.74, 6) is -5.40. The molecule has 2 aliphatic heterocycles. The van der Waals surface area contributed by atoms with Crippen LogP contribution in [0.25, 0.3) is 0 Å². The Hall–Kier alpha value is -3.75. The molecule has 0 aliphatic carbocycles. The zero-order valence-corrected chi connectivity index (χ0v) is 20.5. The normalized spacial score (nSPS) is 19.4. The summed E-state index contributed by atoms with van der Waals surface area (Å²) in [4.78, 5) is 43.6. The molecule has 39 heavy (non-hydrogen) atoms. The molecule has 2 aromatic rings. The van der Waals surface area contributed by atoms with Crippen molar-refractivity contribution >= 4 is 17.8 Å². The Balaban J connectivity index is 0.000000317. The third-order valence-electron chi connectivity index (χ3n) is 5.97. The maximum atomic E-state index is 12.7. The van der Waals surface area contributed by atoms with Crippen LogP contribution >= 0.6 is 0 Å². The average Bonchev–Trinajstić information content (AvgIpc) is 3.27. The van der Waals surface area contributed by atoms with Gasteiger partial charge in [0.05, 0.1) is 11.3 Å². The second kappa shape index (κ2) is 13.4. The summed E-state index contributed by atoms with van der Waals surface area (Å²) < 4.78 is 63.5. The molecular formula is C24H26F6N4O5. The van der Waals surface area contributed by atoms with E-state index in [1.807, 2.05) is 35.4 Å². The number of piperidine rings is 1. The van der Waals surface area contributed by atoms with Crippen molar-refractivity contribution in [1.29, 1.82) is 0 Å². The zero-order valence-electron chi connectivity index (χ0n) is 20.5. The number of amides is 1. The molecule has 2 N–H and O–H groups in total. The summed E-state index contributed by atoms with van der Waals surface area (Å²) in [7, 11) is 0. The number of halogens is 6. The van der Waals surface area contributed by atoms with Gasteiger partial charge in [-0.3, -0.25) is 19.7 Å².